The molecule has 1 unspecified atom stereocenters. The molecular formula is C9H17NO3. The van der Waals surface area contributed by atoms with E-state index in [9.17, 15) is 4.79 Å². The Morgan fingerprint density at radius 3 is 3.00 bits per heavy atom. The maximum absolute atomic E-state index is 10.6. The first-order chi connectivity index (χ1) is 6.24. The van der Waals surface area contributed by atoms with E-state index in [0.29, 0.717) is 13.0 Å². The molecule has 0 amide bonds. The van der Waals surface area contributed by atoms with Gasteiger partial charge in [-0.25, -0.2) is 0 Å². The van der Waals surface area contributed by atoms with Crippen LogP contribution < -0.4 is 5.32 Å². The van der Waals surface area contributed by atoms with Gasteiger partial charge >= 0.3 is 5.97 Å². The third kappa shape index (κ3) is 3.32. The fraction of sp³-hybridized carbons (Fsp3) is 0.889. The zero-order chi connectivity index (χ0) is 9.68. The molecule has 0 bridgehead atoms. The number of hydrogen-bond donors (Lipinski definition) is 2. The van der Waals surface area contributed by atoms with Crippen LogP contribution in [0.2, 0.25) is 0 Å². The summed E-state index contributed by atoms with van der Waals surface area (Å²) >= 11 is 0. The molecule has 1 fully saturated rings. The maximum Gasteiger partial charge on any atom is 0.320 e. The lowest BCUT2D eigenvalue weighted by atomic mass is 10.2. The van der Waals surface area contributed by atoms with Crippen LogP contribution in [0.3, 0.4) is 0 Å². The Hall–Kier alpha value is -0.610. The highest BCUT2D eigenvalue weighted by atomic mass is 16.5. The molecule has 0 radical (unpaired) electrons. The molecule has 1 rings (SSSR count). The lowest BCUT2D eigenvalue weighted by molar-refractivity contribution is -0.139. The summed E-state index contributed by atoms with van der Waals surface area (Å²) in [5.41, 5.74) is 0. The van der Waals surface area contributed by atoms with E-state index in [1.807, 2.05) is 0 Å². The first-order valence-corrected chi connectivity index (χ1v) is 4.81. The SMILES string of the molecule is CCCCOC1CN[C@H](C(=O)O)C1. The van der Waals surface area contributed by atoms with E-state index in [-0.39, 0.29) is 6.10 Å². The molecule has 4 heteroatoms. The largest absolute Gasteiger partial charge is 0.480 e. The fourth-order valence-electron chi connectivity index (χ4n) is 1.41. The van der Waals surface area contributed by atoms with Crippen LogP contribution >= 0.6 is 0 Å². The third-order valence-electron chi connectivity index (χ3n) is 2.24. The highest BCUT2D eigenvalue weighted by Gasteiger charge is 2.29. The van der Waals surface area contributed by atoms with E-state index >= 15 is 0 Å². The van der Waals surface area contributed by atoms with E-state index in [1.54, 1.807) is 0 Å². The van der Waals surface area contributed by atoms with Gasteiger partial charge in [0.15, 0.2) is 0 Å². The number of aliphatic carboxylic acids is 1. The van der Waals surface area contributed by atoms with Crippen molar-refractivity contribution in [2.45, 2.75) is 38.3 Å². The molecule has 1 saturated heterocycles. The summed E-state index contributed by atoms with van der Waals surface area (Å²) < 4.78 is 5.50. The molecule has 1 aliphatic rings. The molecule has 2 N–H and O–H groups in total. The average Bonchev–Trinajstić information content (AvgIpc) is 2.53. The van der Waals surface area contributed by atoms with Gasteiger partial charge in [0.25, 0.3) is 0 Å². The van der Waals surface area contributed by atoms with E-state index in [0.717, 1.165) is 19.4 Å². The van der Waals surface area contributed by atoms with Crippen molar-refractivity contribution in [1.82, 2.24) is 5.32 Å². The van der Waals surface area contributed by atoms with E-state index in [2.05, 4.69) is 12.2 Å². The van der Waals surface area contributed by atoms with Crippen molar-refractivity contribution in [2.24, 2.45) is 0 Å². The van der Waals surface area contributed by atoms with Crippen molar-refractivity contribution in [3.05, 3.63) is 0 Å². The van der Waals surface area contributed by atoms with Gasteiger partial charge in [0.05, 0.1) is 6.10 Å². The Morgan fingerprint density at radius 1 is 1.69 bits per heavy atom. The molecule has 13 heavy (non-hydrogen) atoms. The monoisotopic (exact) mass is 187 g/mol. The number of hydrogen-bond acceptors (Lipinski definition) is 3. The number of carboxylic acids is 1. The second-order valence-electron chi connectivity index (χ2n) is 3.38. The normalized spacial score (nSPS) is 27.8. The van der Waals surface area contributed by atoms with Gasteiger partial charge in [-0.2, -0.15) is 0 Å². The number of carboxylic acid groups (broad SMARTS) is 1. The predicted molar refractivity (Wildman–Crippen MR) is 48.7 cm³/mol. The molecule has 0 aliphatic carbocycles. The van der Waals surface area contributed by atoms with Crippen LogP contribution in [0.1, 0.15) is 26.2 Å². The second kappa shape index (κ2) is 5.19. The Morgan fingerprint density at radius 2 is 2.46 bits per heavy atom. The van der Waals surface area contributed by atoms with Crippen LogP contribution in [-0.2, 0) is 9.53 Å². The molecular weight excluding hydrogens is 170 g/mol. The first-order valence-electron chi connectivity index (χ1n) is 4.81. The summed E-state index contributed by atoms with van der Waals surface area (Å²) in [7, 11) is 0. The smallest absolute Gasteiger partial charge is 0.320 e. The third-order valence-corrected chi connectivity index (χ3v) is 2.24. The minimum Gasteiger partial charge on any atom is -0.480 e. The van der Waals surface area contributed by atoms with Crippen molar-refractivity contribution < 1.29 is 14.6 Å². The number of nitrogens with one attached hydrogen (secondary N) is 1. The van der Waals surface area contributed by atoms with Crippen molar-refractivity contribution >= 4 is 5.97 Å². The second-order valence-corrected chi connectivity index (χ2v) is 3.38. The molecule has 0 spiro atoms. The van der Waals surface area contributed by atoms with Gasteiger partial charge in [-0.3, -0.25) is 4.79 Å². The van der Waals surface area contributed by atoms with Gasteiger partial charge in [-0.1, -0.05) is 13.3 Å². The zero-order valence-electron chi connectivity index (χ0n) is 7.95. The Kier molecular flexibility index (Phi) is 4.18. The Balaban J connectivity index is 2.14. The lowest BCUT2D eigenvalue weighted by Crippen LogP contribution is -2.29. The van der Waals surface area contributed by atoms with Crippen molar-refractivity contribution in [3.8, 4) is 0 Å². The van der Waals surface area contributed by atoms with Gasteiger partial charge in [-0.05, 0) is 6.42 Å². The molecule has 2 atom stereocenters. The summed E-state index contributed by atoms with van der Waals surface area (Å²) in [5, 5.41) is 11.6. The fourth-order valence-corrected chi connectivity index (χ4v) is 1.41. The molecule has 0 aromatic carbocycles. The van der Waals surface area contributed by atoms with Crippen molar-refractivity contribution in [1.29, 1.82) is 0 Å². The number of carbonyl (C=O) groups is 1. The lowest BCUT2D eigenvalue weighted by Gasteiger charge is -2.09. The Labute approximate surface area is 78.3 Å². The van der Waals surface area contributed by atoms with Crippen LogP contribution in [0.25, 0.3) is 0 Å². The Bertz CT molecular complexity index is 172. The molecule has 1 aliphatic heterocycles. The van der Waals surface area contributed by atoms with E-state index in [4.69, 9.17) is 9.84 Å². The topological polar surface area (TPSA) is 58.6 Å². The summed E-state index contributed by atoms with van der Waals surface area (Å²) in [6, 6.07) is -0.411. The highest BCUT2D eigenvalue weighted by Crippen LogP contribution is 2.10. The van der Waals surface area contributed by atoms with E-state index in [1.165, 1.54) is 0 Å². The van der Waals surface area contributed by atoms with Gasteiger partial charge in [0, 0.05) is 19.6 Å². The highest BCUT2D eigenvalue weighted by molar-refractivity contribution is 5.73. The summed E-state index contributed by atoms with van der Waals surface area (Å²) in [5.74, 6) is -0.776. The zero-order valence-corrected chi connectivity index (χ0v) is 7.95. The van der Waals surface area contributed by atoms with Gasteiger partial charge < -0.3 is 15.2 Å². The molecule has 4 nitrogen and oxygen atoms in total. The van der Waals surface area contributed by atoms with Gasteiger partial charge in [0.2, 0.25) is 0 Å². The standard InChI is InChI=1S/C9H17NO3/c1-2-3-4-13-7-5-8(9(11)12)10-6-7/h7-8,10H,2-6H2,1H3,(H,11,12)/t7?,8-/m0/s1. The minimum atomic E-state index is -0.776. The number of ether oxygens (including phenoxy) is 1. The minimum absolute atomic E-state index is 0.0904. The quantitative estimate of drug-likeness (QED) is 0.619. The van der Waals surface area contributed by atoms with Gasteiger partial charge in [-0.15, -0.1) is 0 Å². The summed E-state index contributed by atoms with van der Waals surface area (Å²) in [6.07, 6.45) is 2.85. The molecule has 0 saturated carbocycles. The summed E-state index contributed by atoms with van der Waals surface area (Å²) in [4.78, 5) is 10.6. The van der Waals surface area contributed by atoms with Crippen molar-refractivity contribution in [3.63, 3.8) is 0 Å². The average molecular weight is 187 g/mol. The maximum atomic E-state index is 10.6. The number of rotatable bonds is 5. The predicted octanol–water partition coefficient (Wildman–Crippen LogP) is 0.618. The van der Waals surface area contributed by atoms with Gasteiger partial charge in [0.1, 0.15) is 6.04 Å². The van der Waals surface area contributed by atoms with Crippen LogP contribution in [0.5, 0.6) is 0 Å². The van der Waals surface area contributed by atoms with Crippen LogP contribution in [0, 0.1) is 0 Å². The molecule has 1 heterocycles. The van der Waals surface area contributed by atoms with E-state index < -0.39 is 12.0 Å². The summed E-state index contributed by atoms with van der Waals surface area (Å²) in [6.45, 7) is 3.52. The van der Waals surface area contributed by atoms with Crippen LogP contribution in [0.4, 0.5) is 0 Å². The van der Waals surface area contributed by atoms with Crippen LogP contribution in [0.15, 0.2) is 0 Å². The molecule has 0 aromatic rings. The van der Waals surface area contributed by atoms with Crippen LogP contribution in [-0.4, -0.2) is 36.4 Å². The molecule has 0 aromatic heterocycles. The number of unbranched alkanes of at least 4 members (excludes halogenated alkanes) is 1. The first kappa shape index (κ1) is 10.5. The molecule has 76 valence electrons. The van der Waals surface area contributed by atoms with Crippen molar-refractivity contribution in [2.75, 3.05) is 13.2 Å².